The van der Waals surface area contributed by atoms with Crippen molar-refractivity contribution in [1.29, 1.82) is 0 Å². The molecule has 2 N–H and O–H groups in total. The molecule has 0 radical (unpaired) electrons. The first kappa shape index (κ1) is 15.8. The Morgan fingerprint density at radius 2 is 1.83 bits per heavy atom. The molecule has 4 rings (SSSR count). The summed E-state index contributed by atoms with van der Waals surface area (Å²) >= 11 is 0. The first-order valence-electron chi connectivity index (χ1n) is 8.51. The highest BCUT2D eigenvalue weighted by Crippen LogP contribution is 2.40. The molecule has 0 bridgehead atoms. The minimum absolute atomic E-state index is 0.0159. The summed E-state index contributed by atoms with van der Waals surface area (Å²) in [5, 5.41) is 4.02. The fourth-order valence-electron chi connectivity index (χ4n) is 3.52. The molecule has 0 atom stereocenters. The molecule has 2 aromatic heterocycles. The van der Waals surface area contributed by atoms with Crippen LogP contribution in [0.4, 0.5) is 0 Å². The van der Waals surface area contributed by atoms with Gasteiger partial charge < -0.3 is 9.51 Å². The zero-order valence-corrected chi connectivity index (χ0v) is 14.7. The Hall–Kier alpha value is -1.67. The molecule has 130 valence electrons. The number of nitrogens with one attached hydrogen (secondary N) is 2. The number of rotatable bonds is 5. The highest BCUT2D eigenvalue weighted by molar-refractivity contribution is 7.89. The van der Waals surface area contributed by atoms with Crippen molar-refractivity contribution in [2.24, 2.45) is 0 Å². The fourth-order valence-corrected chi connectivity index (χ4v) is 5.27. The Bertz CT molecular complexity index is 858. The van der Waals surface area contributed by atoms with E-state index in [1.165, 1.54) is 0 Å². The topological polar surface area (TPSA) is 101 Å². The Balaban J connectivity index is 1.74. The van der Waals surface area contributed by atoms with Gasteiger partial charge in [-0.2, -0.15) is 4.98 Å². The molecular formula is C16H22N4O3S. The summed E-state index contributed by atoms with van der Waals surface area (Å²) in [5.41, 5.74) is 1.82. The zero-order valence-electron chi connectivity index (χ0n) is 13.9. The van der Waals surface area contributed by atoms with E-state index in [1.54, 1.807) is 6.92 Å². The summed E-state index contributed by atoms with van der Waals surface area (Å²) in [4.78, 5) is 7.78. The van der Waals surface area contributed by atoms with Crippen LogP contribution < -0.4 is 4.72 Å². The third-order valence-corrected chi connectivity index (χ3v) is 6.55. The number of H-pyrrole nitrogens is 1. The molecule has 2 fully saturated rings. The van der Waals surface area contributed by atoms with Crippen LogP contribution in [0.2, 0.25) is 0 Å². The number of hydrogen-bond donors (Lipinski definition) is 2. The van der Waals surface area contributed by atoms with E-state index in [0.29, 0.717) is 23.0 Å². The smallest absolute Gasteiger partial charge is 0.261 e. The molecule has 2 aromatic rings. The van der Waals surface area contributed by atoms with Gasteiger partial charge in [-0.15, -0.1) is 0 Å². The van der Waals surface area contributed by atoms with Gasteiger partial charge in [-0.05, 0) is 39.5 Å². The van der Waals surface area contributed by atoms with E-state index in [9.17, 15) is 8.42 Å². The van der Waals surface area contributed by atoms with Crippen LogP contribution in [0.1, 0.15) is 61.7 Å². The summed E-state index contributed by atoms with van der Waals surface area (Å²) in [6.07, 6.45) is 6.06. The van der Waals surface area contributed by atoms with Crippen LogP contribution in [0.5, 0.6) is 0 Å². The highest BCUT2D eigenvalue weighted by Gasteiger charge is 2.33. The fraction of sp³-hybridized carbons (Fsp3) is 0.625. The van der Waals surface area contributed by atoms with E-state index >= 15 is 0 Å². The molecule has 2 aliphatic carbocycles. The zero-order chi connectivity index (χ0) is 16.9. The van der Waals surface area contributed by atoms with Gasteiger partial charge in [0.15, 0.2) is 5.82 Å². The number of aromatic amines is 1. The third kappa shape index (κ3) is 2.77. The molecule has 2 heterocycles. The van der Waals surface area contributed by atoms with Gasteiger partial charge in [-0.1, -0.05) is 18.0 Å². The average molecular weight is 350 g/mol. The summed E-state index contributed by atoms with van der Waals surface area (Å²) in [5.74, 6) is 1.32. The predicted octanol–water partition coefficient (Wildman–Crippen LogP) is 2.78. The summed E-state index contributed by atoms with van der Waals surface area (Å²) < 4.78 is 34.1. The van der Waals surface area contributed by atoms with Gasteiger partial charge in [0.2, 0.25) is 10.0 Å². The van der Waals surface area contributed by atoms with Crippen LogP contribution >= 0.6 is 0 Å². The van der Waals surface area contributed by atoms with Gasteiger partial charge in [0.1, 0.15) is 4.90 Å². The van der Waals surface area contributed by atoms with E-state index < -0.39 is 10.0 Å². The van der Waals surface area contributed by atoms with Gasteiger partial charge in [-0.3, -0.25) is 0 Å². The molecular weight excluding hydrogens is 328 g/mol. The Morgan fingerprint density at radius 3 is 2.50 bits per heavy atom. The molecule has 24 heavy (non-hydrogen) atoms. The van der Waals surface area contributed by atoms with Crippen LogP contribution in [0.15, 0.2) is 9.42 Å². The van der Waals surface area contributed by atoms with E-state index in [4.69, 9.17) is 4.52 Å². The Kier molecular flexibility index (Phi) is 3.76. The number of hydrogen-bond acceptors (Lipinski definition) is 5. The minimum Gasteiger partial charge on any atom is -0.361 e. The second-order valence-corrected chi connectivity index (χ2v) is 8.56. The quantitative estimate of drug-likeness (QED) is 0.863. The second kappa shape index (κ2) is 5.70. The molecule has 2 saturated carbocycles. The van der Waals surface area contributed by atoms with Crippen LogP contribution in [-0.4, -0.2) is 29.6 Å². The van der Waals surface area contributed by atoms with Crippen LogP contribution in [0.25, 0.3) is 11.5 Å². The van der Waals surface area contributed by atoms with E-state index in [0.717, 1.165) is 44.2 Å². The molecule has 0 spiro atoms. The van der Waals surface area contributed by atoms with Gasteiger partial charge >= 0.3 is 0 Å². The standard InChI is InChI=1S/C16H22N4O3S/c1-9-13(16-18-15(19-23-16)11-7-8-11)14(10(2)17-9)24(21,22)20-12-5-3-4-6-12/h11-12,17,20H,3-8H2,1-2H3. The minimum atomic E-state index is -3.64. The molecule has 7 nitrogen and oxygen atoms in total. The molecule has 0 unspecified atom stereocenters. The molecule has 0 aliphatic heterocycles. The maximum Gasteiger partial charge on any atom is 0.261 e. The van der Waals surface area contributed by atoms with Gasteiger partial charge in [0, 0.05) is 23.3 Å². The lowest BCUT2D eigenvalue weighted by atomic mass is 10.2. The van der Waals surface area contributed by atoms with E-state index in [2.05, 4.69) is 19.8 Å². The lowest BCUT2D eigenvalue weighted by Gasteiger charge is -2.13. The van der Waals surface area contributed by atoms with Crippen molar-refractivity contribution in [1.82, 2.24) is 19.8 Å². The second-order valence-electron chi connectivity index (χ2n) is 6.91. The Labute approximate surface area is 141 Å². The molecule has 0 saturated heterocycles. The Morgan fingerprint density at radius 1 is 1.12 bits per heavy atom. The lowest BCUT2D eigenvalue weighted by molar-refractivity contribution is 0.421. The van der Waals surface area contributed by atoms with Crippen molar-refractivity contribution in [3.63, 3.8) is 0 Å². The highest BCUT2D eigenvalue weighted by atomic mass is 32.2. The van der Waals surface area contributed by atoms with Crippen molar-refractivity contribution in [2.45, 2.75) is 69.2 Å². The molecule has 0 amide bonds. The van der Waals surface area contributed by atoms with E-state index in [-0.39, 0.29) is 16.8 Å². The van der Waals surface area contributed by atoms with Crippen molar-refractivity contribution in [2.75, 3.05) is 0 Å². The van der Waals surface area contributed by atoms with Crippen molar-refractivity contribution >= 4 is 10.0 Å². The summed E-state index contributed by atoms with van der Waals surface area (Å²) in [7, 11) is -3.64. The molecule has 8 heteroatoms. The van der Waals surface area contributed by atoms with Gasteiger partial charge in [-0.25, -0.2) is 13.1 Å². The lowest BCUT2D eigenvalue weighted by Crippen LogP contribution is -2.33. The third-order valence-electron chi connectivity index (χ3n) is 4.86. The number of nitrogens with zero attached hydrogens (tertiary/aromatic N) is 2. The SMILES string of the molecule is Cc1[nH]c(C)c(S(=O)(=O)NC2CCCC2)c1-c1nc(C2CC2)no1. The van der Waals surface area contributed by atoms with Crippen LogP contribution in [0.3, 0.4) is 0 Å². The van der Waals surface area contributed by atoms with Crippen LogP contribution in [-0.2, 0) is 10.0 Å². The maximum atomic E-state index is 12.9. The largest absolute Gasteiger partial charge is 0.361 e. The van der Waals surface area contributed by atoms with Gasteiger partial charge in [0.25, 0.3) is 5.89 Å². The summed E-state index contributed by atoms with van der Waals surface area (Å²) in [6, 6.07) is 0.0159. The monoisotopic (exact) mass is 350 g/mol. The van der Waals surface area contributed by atoms with Crippen molar-refractivity contribution < 1.29 is 12.9 Å². The predicted molar refractivity (Wildman–Crippen MR) is 88.1 cm³/mol. The maximum absolute atomic E-state index is 12.9. The molecule has 0 aromatic carbocycles. The van der Waals surface area contributed by atoms with Gasteiger partial charge in [0.05, 0.1) is 5.56 Å². The van der Waals surface area contributed by atoms with Crippen LogP contribution in [0, 0.1) is 13.8 Å². The first-order chi connectivity index (χ1) is 11.5. The van der Waals surface area contributed by atoms with Crippen molar-refractivity contribution in [3.8, 4) is 11.5 Å². The first-order valence-corrected chi connectivity index (χ1v) is 9.99. The van der Waals surface area contributed by atoms with E-state index in [1.807, 2.05) is 6.92 Å². The normalized spacial score (nSPS) is 19.2. The number of sulfonamides is 1. The summed E-state index contributed by atoms with van der Waals surface area (Å²) in [6.45, 7) is 3.59. The average Bonchev–Trinajstić information content (AvgIpc) is 2.93. The van der Waals surface area contributed by atoms with Crippen molar-refractivity contribution in [3.05, 3.63) is 17.2 Å². The molecule has 2 aliphatic rings. The number of aromatic nitrogens is 3. The number of aryl methyl sites for hydroxylation is 2.